The molecule has 144 valence electrons. The summed E-state index contributed by atoms with van der Waals surface area (Å²) in [5, 5.41) is 17.0. The van der Waals surface area contributed by atoms with Gasteiger partial charge in [0, 0.05) is 34.5 Å². The van der Waals surface area contributed by atoms with Crippen LogP contribution in [0.3, 0.4) is 0 Å². The molecule has 0 spiro atoms. The van der Waals surface area contributed by atoms with E-state index in [0.717, 1.165) is 11.3 Å². The van der Waals surface area contributed by atoms with Crippen molar-refractivity contribution < 1.29 is 9.50 Å². The van der Waals surface area contributed by atoms with E-state index in [0.29, 0.717) is 28.0 Å². The number of pyridine rings is 2. The Balaban J connectivity index is 1.81. The zero-order chi connectivity index (χ0) is 19.8. The number of thioether (sulfide) groups is 1. The fraction of sp³-hybridized carbons (Fsp3) is 0.158. The molecular formula is C19H16ClFN4O2S. The summed E-state index contributed by atoms with van der Waals surface area (Å²) in [5.41, 5.74) is 2.08. The number of halogens is 2. The summed E-state index contributed by atoms with van der Waals surface area (Å²) in [6.45, 7) is 0. The summed E-state index contributed by atoms with van der Waals surface area (Å²) >= 11 is 7.34. The number of nitrogens with zero attached hydrogens (tertiary/aromatic N) is 1. The van der Waals surface area contributed by atoms with E-state index in [1.54, 1.807) is 18.3 Å². The second-order valence-corrected chi connectivity index (χ2v) is 7.51. The van der Waals surface area contributed by atoms with Crippen LogP contribution in [0.5, 0.6) is 0 Å². The Morgan fingerprint density at radius 3 is 2.89 bits per heavy atom. The van der Waals surface area contributed by atoms with Crippen LogP contribution in [0.2, 0.25) is 5.02 Å². The normalized spacial score (nSPS) is 15.2. The molecule has 1 aliphatic rings. The van der Waals surface area contributed by atoms with Crippen LogP contribution < -0.4 is 16.2 Å². The van der Waals surface area contributed by atoms with E-state index in [1.165, 1.54) is 30.0 Å². The Kier molecular flexibility index (Phi) is 5.01. The van der Waals surface area contributed by atoms with Gasteiger partial charge in [-0.3, -0.25) is 4.79 Å². The van der Waals surface area contributed by atoms with Crippen molar-refractivity contribution in [3.05, 3.63) is 63.3 Å². The Morgan fingerprint density at radius 1 is 1.29 bits per heavy atom. The minimum atomic E-state index is -0.697. The summed E-state index contributed by atoms with van der Waals surface area (Å²) in [4.78, 5) is 19.5. The molecule has 0 saturated carbocycles. The van der Waals surface area contributed by atoms with Crippen molar-refractivity contribution in [1.82, 2.24) is 9.97 Å². The fourth-order valence-electron chi connectivity index (χ4n) is 3.16. The predicted molar refractivity (Wildman–Crippen MR) is 110 cm³/mol. The molecule has 4 N–H and O–H groups in total. The first-order valence-electron chi connectivity index (χ1n) is 8.42. The maximum atomic E-state index is 14.3. The van der Waals surface area contributed by atoms with Gasteiger partial charge in [-0.05, 0) is 36.6 Å². The van der Waals surface area contributed by atoms with E-state index < -0.39 is 17.6 Å². The largest absolute Gasteiger partial charge is 0.373 e. The average molecular weight is 419 g/mol. The van der Waals surface area contributed by atoms with Crippen molar-refractivity contribution in [3.8, 4) is 11.1 Å². The molecule has 2 aromatic heterocycles. The molecule has 9 heteroatoms. The lowest BCUT2D eigenvalue weighted by atomic mass is 10.1. The second-order valence-electron chi connectivity index (χ2n) is 6.26. The first kappa shape index (κ1) is 18.8. The number of aliphatic hydroxyl groups is 1. The first-order valence-corrected chi connectivity index (χ1v) is 10.0. The number of rotatable bonds is 4. The molecule has 1 atom stereocenters. The summed E-state index contributed by atoms with van der Waals surface area (Å²) in [7, 11) is 0. The number of aromatic nitrogens is 2. The van der Waals surface area contributed by atoms with Gasteiger partial charge in [0.05, 0.1) is 16.3 Å². The van der Waals surface area contributed by atoms with Crippen LogP contribution in [0, 0.1) is 5.82 Å². The quantitative estimate of drug-likeness (QED) is 0.479. The average Bonchev–Trinajstić information content (AvgIpc) is 3.06. The number of fused-ring (bicyclic) bond motifs is 1. The summed E-state index contributed by atoms with van der Waals surface area (Å²) in [6.07, 6.45) is 3.16. The number of aromatic amines is 1. The smallest absolute Gasteiger partial charge is 0.256 e. The Hall–Kier alpha value is -2.55. The van der Waals surface area contributed by atoms with E-state index in [-0.39, 0.29) is 11.1 Å². The van der Waals surface area contributed by atoms with E-state index >= 15 is 0 Å². The molecule has 3 aromatic rings. The van der Waals surface area contributed by atoms with Gasteiger partial charge in [-0.2, -0.15) is 0 Å². The molecule has 4 rings (SSSR count). The molecule has 0 saturated heterocycles. The monoisotopic (exact) mass is 418 g/mol. The second kappa shape index (κ2) is 7.46. The Bertz CT molecular complexity index is 1120. The van der Waals surface area contributed by atoms with Crippen molar-refractivity contribution >= 4 is 40.6 Å². The van der Waals surface area contributed by atoms with Crippen molar-refractivity contribution in [3.63, 3.8) is 0 Å². The lowest BCUT2D eigenvalue weighted by Crippen LogP contribution is -2.13. The lowest BCUT2D eigenvalue weighted by Gasteiger charge is -2.15. The zero-order valence-electron chi connectivity index (χ0n) is 14.7. The number of aliphatic hydroxyl groups excluding tert-OH is 1. The highest BCUT2D eigenvalue weighted by Gasteiger charge is 2.23. The summed E-state index contributed by atoms with van der Waals surface area (Å²) in [5.74, 6) is 0.0728. The minimum Gasteiger partial charge on any atom is -0.373 e. The van der Waals surface area contributed by atoms with E-state index in [4.69, 9.17) is 11.6 Å². The van der Waals surface area contributed by atoms with Crippen LogP contribution in [-0.2, 0) is 6.42 Å². The minimum absolute atomic E-state index is 0.126. The molecule has 0 fully saturated rings. The topological polar surface area (TPSA) is 90.0 Å². The maximum absolute atomic E-state index is 14.3. The van der Waals surface area contributed by atoms with Gasteiger partial charge in [-0.1, -0.05) is 11.6 Å². The van der Waals surface area contributed by atoms with Crippen molar-refractivity contribution in [2.75, 3.05) is 16.9 Å². The van der Waals surface area contributed by atoms with Crippen LogP contribution in [-0.4, -0.2) is 27.6 Å². The maximum Gasteiger partial charge on any atom is 0.256 e. The number of hydrogen-bond acceptors (Lipinski definition) is 6. The number of benzene rings is 1. The van der Waals surface area contributed by atoms with E-state index in [2.05, 4.69) is 20.6 Å². The molecule has 3 heterocycles. The summed E-state index contributed by atoms with van der Waals surface area (Å²) in [6, 6.07) is 7.48. The highest BCUT2D eigenvalue weighted by molar-refractivity contribution is 7.98. The third-order valence-electron chi connectivity index (χ3n) is 4.45. The predicted octanol–water partition coefficient (Wildman–Crippen LogP) is 3.98. The molecular weight excluding hydrogens is 403 g/mol. The standard InChI is InChI=1S/C19H16ClFN4O2S/c1-28-19-15(23-14-4-5-22-17-12(14)8-16(26)24-17)7-11(18(27)25-19)10-6-9(20)2-3-13(10)21/h2-7,16,26H,8H2,1H3,(H,25,27)(H2,22,23,24). The first-order chi connectivity index (χ1) is 13.5. The highest BCUT2D eigenvalue weighted by Crippen LogP contribution is 2.35. The molecule has 6 nitrogen and oxygen atoms in total. The van der Waals surface area contributed by atoms with Crippen molar-refractivity contribution in [2.24, 2.45) is 0 Å². The van der Waals surface area contributed by atoms with Gasteiger partial charge in [0.15, 0.2) is 0 Å². The van der Waals surface area contributed by atoms with Crippen LogP contribution >= 0.6 is 23.4 Å². The molecule has 0 bridgehead atoms. The van der Waals surface area contributed by atoms with Gasteiger partial charge in [-0.15, -0.1) is 11.8 Å². The van der Waals surface area contributed by atoms with Gasteiger partial charge < -0.3 is 20.7 Å². The van der Waals surface area contributed by atoms with Gasteiger partial charge >= 0.3 is 0 Å². The molecule has 1 unspecified atom stereocenters. The lowest BCUT2D eigenvalue weighted by molar-refractivity contribution is 0.212. The number of nitrogens with one attached hydrogen (secondary N) is 3. The number of anilines is 3. The zero-order valence-corrected chi connectivity index (χ0v) is 16.3. The van der Waals surface area contributed by atoms with Crippen LogP contribution in [0.4, 0.5) is 21.6 Å². The fourth-order valence-corrected chi connectivity index (χ4v) is 3.86. The van der Waals surface area contributed by atoms with Gasteiger partial charge in [0.1, 0.15) is 17.9 Å². The van der Waals surface area contributed by atoms with Crippen LogP contribution in [0.1, 0.15) is 5.56 Å². The molecule has 0 aliphatic carbocycles. The third kappa shape index (κ3) is 3.46. The Morgan fingerprint density at radius 2 is 2.11 bits per heavy atom. The molecule has 0 amide bonds. The number of hydrogen-bond donors (Lipinski definition) is 4. The van der Waals surface area contributed by atoms with Gasteiger partial charge in [0.25, 0.3) is 5.56 Å². The molecule has 28 heavy (non-hydrogen) atoms. The van der Waals surface area contributed by atoms with Crippen molar-refractivity contribution in [1.29, 1.82) is 0 Å². The highest BCUT2D eigenvalue weighted by atomic mass is 35.5. The van der Waals surface area contributed by atoms with E-state index in [1.807, 2.05) is 6.26 Å². The third-order valence-corrected chi connectivity index (χ3v) is 5.42. The van der Waals surface area contributed by atoms with Crippen LogP contribution in [0.15, 0.2) is 46.3 Å². The van der Waals surface area contributed by atoms with Crippen LogP contribution in [0.25, 0.3) is 11.1 Å². The Labute approximate surface area is 169 Å². The summed E-state index contributed by atoms with van der Waals surface area (Å²) < 4.78 is 14.3. The van der Waals surface area contributed by atoms with E-state index in [9.17, 15) is 14.3 Å². The molecule has 0 radical (unpaired) electrons. The number of H-pyrrole nitrogens is 1. The van der Waals surface area contributed by atoms with Gasteiger partial charge in [0.2, 0.25) is 0 Å². The molecule has 1 aromatic carbocycles. The van der Waals surface area contributed by atoms with Crippen molar-refractivity contribution in [2.45, 2.75) is 17.7 Å². The van der Waals surface area contributed by atoms with Gasteiger partial charge in [-0.25, -0.2) is 9.37 Å². The molecule has 1 aliphatic heterocycles. The SMILES string of the molecule is CSc1[nH]c(=O)c(-c2cc(Cl)ccc2F)cc1Nc1ccnc2c1CC(O)N2.